The summed E-state index contributed by atoms with van der Waals surface area (Å²) in [5.41, 5.74) is 3.72. The number of anilines is 1. The van der Waals surface area contributed by atoms with Gasteiger partial charge in [0.25, 0.3) is 0 Å². The third-order valence-corrected chi connectivity index (χ3v) is 6.24. The fraction of sp³-hybridized carbons (Fsp3) is 0.269. The molecule has 0 bridgehead atoms. The van der Waals surface area contributed by atoms with E-state index in [1.807, 2.05) is 48.5 Å². The molecule has 0 saturated carbocycles. The molecule has 2 aromatic heterocycles. The van der Waals surface area contributed by atoms with Crippen LogP contribution >= 0.6 is 23.2 Å². The van der Waals surface area contributed by atoms with Crippen LogP contribution in [0.25, 0.3) is 11.0 Å². The van der Waals surface area contributed by atoms with Gasteiger partial charge in [0.1, 0.15) is 11.3 Å². The quantitative estimate of drug-likeness (QED) is 0.210. The highest BCUT2D eigenvalue weighted by atomic mass is 35.5. The Morgan fingerprint density at radius 1 is 1.11 bits per heavy atom. The summed E-state index contributed by atoms with van der Waals surface area (Å²) < 4.78 is 12.2. The lowest BCUT2D eigenvalue weighted by Gasteiger charge is -2.14. The van der Waals surface area contributed by atoms with Gasteiger partial charge in [-0.1, -0.05) is 35.9 Å². The van der Waals surface area contributed by atoms with Crippen LogP contribution in [0.3, 0.4) is 0 Å². The lowest BCUT2D eigenvalue weighted by Crippen LogP contribution is -2.13. The van der Waals surface area contributed by atoms with Gasteiger partial charge in [-0.2, -0.15) is 5.10 Å². The van der Waals surface area contributed by atoms with Crippen molar-refractivity contribution in [2.24, 2.45) is 0 Å². The number of carbonyl (C=O) groups excluding carboxylic acids is 1. The van der Waals surface area contributed by atoms with Gasteiger partial charge in [-0.25, -0.2) is 14.5 Å². The third-order valence-electron chi connectivity index (χ3n) is 5.60. The molecule has 1 N–H and O–H groups in total. The summed E-state index contributed by atoms with van der Waals surface area (Å²) in [4.78, 5) is 17.2. The number of halogens is 2. The molecule has 0 radical (unpaired) electrons. The maximum atomic E-state index is 12.6. The second-order valence-corrected chi connectivity index (χ2v) is 8.84. The second-order valence-electron chi connectivity index (χ2n) is 7.88. The number of fused-ring (bicyclic) bond motifs is 1. The van der Waals surface area contributed by atoms with Gasteiger partial charge in [0.15, 0.2) is 5.65 Å². The molecular weight excluding hydrogens is 487 g/mol. The molecule has 35 heavy (non-hydrogen) atoms. The largest absolute Gasteiger partial charge is 0.497 e. The van der Waals surface area contributed by atoms with Crippen molar-refractivity contribution in [3.8, 4) is 5.75 Å². The summed E-state index contributed by atoms with van der Waals surface area (Å²) in [6.45, 7) is 3.06. The maximum absolute atomic E-state index is 12.6. The summed E-state index contributed by atoms with van der Waals surface area (Å²) in [6, 6.07) is 15.3. The molecule has 0 aliphatic heterocycles. The Bertz CT molecular complexity index is 1290. The lowest BCUT2D eigenvalue weighted by molar-refractivity contribution is 0.0527. The first-order valence-electron chi connectivity index (χ1n) is 11.3. The van der Waals surface area contributed by atoms with Crippen molar-refractivity contribution in [3.63, 3.8) is 0 Å². The summed E-state index contributed by atoms with van der Waals surface area (Å²) in [5, 5.41) is 8.97. The summed E-state index contributed by atoms with van der Waals surface area (Å²) in [5.74, 6) is 0.378. The molecule has 4 rings (SSSR count). The van der Waals surface area contributed by atoms with Crippen LogP contribution in [0.5, 0.6) is 5.75 Å². The van der Waals surface area contributed by atoms with Crippen molar-refractivity contribution in [2.75, 3.05) is 25.6 Å². The van der Waals surface area contributed by atoms with Crippen molar-refractivity contribution >= 4 is 45.9 Å². The summed E-state index contributed by atoms with van der Waals surface area (Å²) in [6.07, 6.45) is 3.98. The van der Waals surface area contributed by atoms with Gasteiger partial charge < -0.3 is 14.8 Å². The predicted octanol–water partition coefficient (Wildman–Crippen LogP) is 5.90. The van der Waals surface area contributed by atoms with Crippen molar-refractivity contribution in [1.29, 1.82) is 0 Å². The Morgan fingerprint density at radius 3 is 2.54 bits per heavy atom. The van der Waals surface area contributed by atoms with E-state index in [4.69, 9.17) is 32.7 Å². The number of rotatable bonds is 10. The van der Waals surface area contributed by atoms with Crippen LogP contribution in [0.2, 0.25) is 5.02 Å². The first-order chi connectivity index (χ1) is 17.0. The molecule has 182 valence electrons. The maximum Gasteiger partial charge on any atom is 0.341 e. The molecule has 0 aliphatic carbocycles. The molecule has 1 atom stereocenters. The first kappa shape index (κ1) is 24.8. The fourth-order valence-electron chi connectivity index (χ4n) is 3.77. The number of esters is 1. The molecule has 0 saturated heterocycles. The molecule has 4 aromatic rings. The Labute approximate surface area is 214 Å². The number of aromatic nitrogens is 3. The van der Waals surface area contributed by atoms with E-state index in [0.717, 1.165) is 28.7 Å². The van der Waals surface area contributed by atoms with E-state index in [1.165, 1.54) is 6.20 Å². The molecule has 2 heterocycles. The molecule has 2 aromatic carbocycles. The number of hydrogen-bond donors (Lipinski definition) is 1. The minimum Gasteiger partial charge on any atom is -0.497 e. The average Bonchev–Trinajstić information content (AvgIpc) is 3.28. The van der Waals surface area contributed by atoms with Crippen LogP contribution in [0.15, 0.2) is 60.9 Å². The van der Waals surface area contributed by atoms with Crippen LogP contribution in [0.4, 0.5) is 5.69 Å². The summed E-state index contributed by atoms with van der Waals surface area (Å²) >= 11 is 12.6. The fourth-order valence-corrected chi connectivity index (χ4v) is 4.17. The van der Waals surface area contributed by atoms with Crippen molar-refractivity contribution in [3.05, 3.63) is 82.6 Å². The zero-order chi connectivity index (χ0) is 24.8. The number of alkyl halides is 1. The van der Waals surface area contributed by atoms with E-state index >= 15 is 0 Å². The Balaban J connectivity index is 1.58. The van der Waals surface area contributed by atoms with Gasteiger partial charge in [0, 0.05) is 17.8 Å². The van der Waals surface area contributed by atoms with E-state index in [0.29, 0.717) is 35.0 Å². The predicted molar refractivity (Wildman–Crippen MR) is 139 cm³/mol. The van der Waals surface area contributed by atoms with E-state index in [1.54, 1.807) is 24.9 Å². The molecule has 0 aliphatic rings. The molecule has 0 spiro atoms. The Hall–Kier alpha value is -3.29. The van der Waals surface area contributed by atoms with Gasteiger partial charge >= 0.3 is 5.97 Å². The number of nitrogens with one attached hydrogen (secondary N) is 1. The van der Waals surface area contributed by atoms with Gasteiger partial charge in [-0.05, 0) is 48.7 Å². The second kappa shape index (κ2) is 11.4. The van der Waals surface area contributed by atoms with E-state index in [9.17, 15) is 4.79 Å². The van der Waals surface area contributed by atoms with E-state index < -0.39 is 5.97 Å². The molecule has 9 heteroatoms. The van der Waals surface area contributed by atoms with Crippen molar-refractivity contribution < 1.29 is 14.3 Å². The van der Waals surface area contributed by atoms with Crippen LogP contribution in [0.1, 0.15) is 33.8 Å². The van der Waals surface area contributed by atoms with Gasteiger partial charge in [-0.3, -0.25) is 0 Å². The zero-order valence-corrected chi connectivity index (χ0v) is 21.0. The minimum absolute atomic E-state index is 0.274. The highest BCUT2D eigenvalue weighted by Gasteiger charge is 2.20. The molecule has 0 fully saturated rings. The number of nitrogens with zero attached hydrogens (tertiary/aromatic N) is 3. The van der Waals surface area contributed by atoms with E-state index in [-0.39, 0.29) is 12.0 Å². The van der Waals surface area contributed by atoms with Crippen LogP contribution in [0, 0.1) is 0 Å². The highest BCUT2D eigenvalue weighted by Crippen LogP contribution is 2.30. The Kier molecular flexibility index (Phi) is 8.10. The molecule has 0 unspecified atom stereocenters. The average molecular weight is 513 g/mol. The number of carbonyl (C=O) groups is 1. The van der Waals surface area contributed by atoms with Crippen molar-refractivity contribution in [1.82, 2.24) is 14.8 Å². The molecular formula is C26H26Cl2N4O3. The Morgan fingerprint density at radius 2 is 1.86 bits per heavy atom. The SMILES string of the molecule is CCOC(=O)c1cnc2c(cnn2C[C@H](Cl)c2ccc(Cl)cc2)c1NCCc1ccc(OC)cc1. The topological polar surface area (TPSA) is 78.3 Å². The lowest BCUT2D eigenvalue weighted by atomic mass is 10.1. The van der Waals surface area contributed by atoms with Gasteiger partial charge in [0.2, 0.25) is 0 Å². The molecule has 7 nitrogen and oxygen atoms in total. The van der Waals surface area contributed by atoms with E-state index in [2.05, 4.69) is 15.4 Å². The van der Waals surface area contributed by atoms with Crippen LogP contribution < -0.4 is 10.1 Å². The normalized spacial score (nSPS) is 11.9. The number of methoxy groups -OCH3 is 1. The smallest absolute Gasteiger partial charge is 0.341 e. The van der Waals surface area contributed by atoms with Crippen molar-refractivity contribution in [2.45, 2.75) is 25.3 Å². The third kappa shape index (κ3) is 5.86. The van der Waals surface area contributed by atoms with Gasteiger partial charge in [-0.15, -0.1) is 11.6 Å². The highest BCUT2D eigenvalue weighted by molar-refractivity contribution is 6.30. The zero-order valence-electron chi connectivity index (χ0n) is 19.5. The minimum atomic E-state index is -0.432. The number of pyridine rings is 1. The summed E-state index contributed by atoms with van der Waals surface area (Å²) in [7, 11) is 1.64. The monoisotopic (exact) mass is 512 g/mol. The van der Waals surface area contributed by atoms with Crippen LogP contribution in [-0.2, 0) is 17.7 Å². The molecule has 0 amide bonds. The van der Waals surface area contributed by atoms with Gasteiger partial charge in [0.05, 0.1) is 42.9 Å². The number of benzene rings is 2. The number of ether oxygens (including phenoxy) is 2. The standard InChI is InChI=1S/C26H26Cl2N4O3/c1-3-35-26(33)22-14-30-25-21(24(22)29-13-12-17-4-10-20(34-2)11-5-17)15-31-32(25)16-23(28)18-6-8-19(27)9-7-18/h4-11,14-15,23H,3,12-13,16H2,1-2H3,(H,29,30)/t23-/m0/s1. The first-order valence-corrected chi connectivity index (χ1v) is 12.1. The van der Waals surface area contributed by atoms with Crippen LogP contribution in [-0.4, -0.2) is 41.0 Å². The number of hydrogen-bond acceptors (Lipinski definition) is 6.